The highest BCUT2D eigenvalue weighted by Crippen LogP contribution is 2.28. The third-order valence-corrected chi connectivity index (χ3v) is 6.38. The van der Waals surface area contributed by atoms with E-state index in [9.17, 15) is 9.59 Å². The number of hydrogen-bond donors (Lipinski definition) is 0. The molecule has 3 aromatic heterocycles. The standard InChI is InChI=1S/C26H20N4O2S/c1-29(23(19-12-6-3-7-13-19)21-14-8-9-15-27-21)24(31)20-16-28-26-30(25(20)32)22(17-33-26)18-10-4-2-5-11-18/h2-17,23H,1H3. The van der Waals surface area contributed by atoms with Gasteiger partial charge in [0.05, 0.1) is 17.4 Å². The molecule has 0 spiro atoms. The SMILES string of the molecule is CN(C(=O)c1cnc2scc(-c3ccccc3)n2c1=O)C(c1ccccc1)c1ccccn1. The molecule has 0 saturated heterocycles. The summed E-state index contributed by atoms with van der Waals surface area (Å²) in [6.07, 6.45) is 3.08. The summed E-state index contributed by atoms with van der Waals surface area (Å²) in [5.74, 6) is -0.411. The molecule has 1 amide bonds. The topological polar surface area (TPSA) is 67.6 Å². The van der Waals surface area contributed by atoms with E-state index in [0.717, 1.165) is 16.8 Å². The number of nitrogens with zero attached hydrogens (tertiary/aromatic N) is 4. The Kier molecular flexibility index (Phi) is 5.54. The van der Waals surface area contributed by atoms with Crippen molar-refractivity contribution in [3.63, 3.8) is 0 Å². The maximum Gasteiger partial charge on any atom is 0.271 e. The molecule has 7 heteroatoms. The Morgan fingerprint density at radius 2 is 1.64 bits per heavy atom. The number of rotatable bonds is 5. The molecule has 2 aromatic carbocycles. The molecule has 0 fully saturated rings. The summed E-state index contributed by atoms with van der Waals surface area (Å²) in [7, 11) is 1.69. The summed E-state index contributed by atoms with van der Waals surface area (Å²) in [6, 6.07) is 24.4. The van der Waals surface area contributed by atoms with Crippen molar-refractivity contribution in [3.8, 4) is 11.3 Å². The van der Waals surface area contributed by atoms with Crippen LogP contribution in [0.5, 0.6) is 0 Å². The van der Waals surface area contributed by atoms with Crippen LogP contribution in [-0.4, -0.2) is 32.2 Å². The fraction of sp³-hybridized carbons (Fsp3) is 0.0769. The van der Waals surface area contributed by atoms with Crippen LogP contribution in [0.1, 0.15) is 27.7 Å². The van der Waals surface area contributed by atoms with Crippen molar-refractivity contribution >= 4 is 22.2 Å². The third kappa shape index (κ3) is 3.83. The highest BCUT2D eigenvalue weighted by Gasteiger charge is 2.28. The highest BCUT2D eigenvalue weighted by atomic mass is 32.1. The molecule has 5 aromatic rings. The Bertz CT molecular complexity index is 1430. The zero-order valence-electron chi connectivity index (χ0n) is 17.8. The van der Waals surface area contributed by atoms with Gasteiger partial charge >= 0.3 is 0 Å². The van der Waals surface area contributed by atoms with Gasteiger partial charge in [0, 0.05) is 24.8 Å². The van der Waals surface area contributed by atoms with Crippen LogP contribution in [0.4, 0.5) is 0 Å². The van der Waals surface area contributed by atoms with Gasteiger partial charge in [-0.25, -0.2) is 4.98 Å². The van der Waals surface area contributed by atoms with Gasteiger partial charge in [-0.15, -0.1) is 11.3 Å². The second-order valence-electron chi connectivity index (χ2n) is 7.57. The predicted octanol–water partition coefficient (Wildman–Crippen LogP) is 4.68. The molecule has 1 atom stereocenters. The van der Waals surface area contributed by atoms with Crippen molar-refractivity contribution in [1.29, 1.82) is 0 Å². The number of aromatic nitrogens is 3. The van der Waals surface area contributed by atoms with Crippen molar-refractivity contribution in [1.82, 2.24) is 19.3 Å². The Morgan fingerprint density at radius 3 is 2.33 bits per heavy atom. The number of amides is 1. The van der Waals surface area contributed by atoms with E-state index >= 15 is 0 Å². The Morgan fingerprint density at radius 1 is 0.939 bits per heavy atom. The summed E-state index contributed by atoms with van der Waals surface area (Å²) >= 11 is 1.37. The van der Waals surface area contributed by atoms with Gasteiger partial charge < -0.3 is 4.90 Å². The quantitative estimate of drug-likeness (QED) is 0.388. The zero-order valence-corrected chi connectivity index (χ0v) is 18.6. The average Bonchev–Trinajstić information content (AvgIpc) is 3.31. The monoisotopic (exact) mass is 452 g/mol. The first kappa shape index (κ1) is 20.8. The Labute approximate surface area is 194 Å². The molecule has 0 aliphatic rings. The normalized spacial score (nSPS) is 11.9. The zero-order chi connectivity index (χ0) is 22.8. The minimum Gasteiger partial charge on any atom is -0.329 e. The maximum atomic E-state index is 13.6. The molecule has 0 bridgehead atoms. The lowest BCUT2D eigenvalue weighted by Gasteiger charge is -2.28. The Hall–Kier alpha value is -4.10. The highest BCUT2D eigenvalue weighted by molar-refractivity contribution is 7.15. The minimum atomic E-state index is -0.448. The lowest BCUT2D eigenvalue weighted by atomic mass is 10.0. The smallest absolute Gasteiger partial charge is 0.271 e. The van der Waals surface area contributed by atoms with Crippen molar-refractivity contribution in [2.24, 2.45) is 0 Å². The van der Waals surface area contributed by atoms with Gasteiger partial charge in [0.2, 0.25) is 0 Å². The fourth-order valence-corrected chi connectivity index (χ4v) is 4.78. The van der Waals surface area contributed by atoms with Gasteiger partial charge in [0.25, 0.3) is 11.5 Å². The first-order chi connectivity index (χ1) is 16.1. The van der Waals surface area contributed by atoms with Gasteiger partial charge in [-0.3, -0.25) is 19.0 Å². The molecule has 0 saturated carbocycles. The molecule has 0 aliphatic carbocycles. The van der Waals surface area contributed by atoms with Crippen LogP contribution in [0.15, 0.2) is 101 Å². The summed E-state index contributed by atoms with van der Waals surface area (Å²) in [5.41, 5.74) is 2.86. The van der Waals surface area contributed by atoms with Crippen LogP contribution in [-0.2, 0) is 0 Å². The number of benzene rings is 2. The van der Waals surface area contributed by atoms with Gasteiger partial charge in [-0.2, -0.15) is 0 Å². The fourth-order valence-electron chi connectivity index (χ4n) is 3.92. The van der Waals surface area contributed by atoms with E-state index < -0.39 is 11.9 Å². The van der Waals surface area contributed by atoms with Crippen LogP contribution < -0.4 is 5.56 Å². The van der Waals surface area contributed by atoms with Crippen LogP contribution >= 0.6 is 11.3 Å². The first-order valence-corrected chi connectivity index (χ1v) is 11.3. The van der Waals surface area contributed by atoms with Crippen LogP contribution in [0, 0.1) is 0 Å². The lowest BCUT2D eigenvalue weighted by molar-refractivity contribution is 0.0750. The summed E-state index contributed by atoms with van der Waals surface area (Å²) in [6.45, 7) is 0. The number of carbonyl (C=O) groups excluding carboxylic acids is 1. The maximum absolute atomic E-state index is 13.6. The number of thiazole rings is 1. The van der Waals surface area contributed by atoms with Gasteiger partial charge in [0.15, 0.2) is 4.96 Å². The van der Waals surface area contributed by atoms with E-state index in [-0.39, 0.29) is 11.1 Å². The van der Waals surface area contributed by atoms with Gasteiger partial charge in [-0.1, -0.05) is 66.7 Å². The largest absolute Gasteiger partial charge is 0.329 e. The number of fused-ring (bicyclic) bond motifs is 1. The molecule has 3 heterocycles. The molecule has 1 unspecified atom stereocenters. The van der Waals surface area contributed by atoms with E-state index in [2.05, 4.69) is 9.97 Å². The number of hydrogen-bond acceptors (Lipinski definition) is 5. The van der Waals surface area contributed by atoms with Crippen molar-refractivity contribution < 1.29 is 4.79 Å². The van der Waals surface area contributed by atoms with E-state index in [0.29, 0.717) is 10.7 Å². The minimum absolute atomic E-state index is 0.0162. The molecule has 162 valence electrons. The molecule has 0 radical (unpaired) electrons. The molecule has 5 rings (SSSR count). The second-order valence-corrected chi connectivity index (χ2v) is 8.40. The van der Waals surface area contributed by atoms with Crippen LogP contribution in [0.25, 0.3) is 16.2 Å². The molecule has 0 aliphatic heterocycles. The number of pyridine rings is 1. The van der Waals surface area contributed by atoms with Crippen molar-refractivity contribution in [2.45, 2.75) is 6.04 Å². The summed E-state index contributed by atoms with van der Waals surface area (Å²) in [4.78, 5) is 38.1. The summed E-state index contributed by atoms with van der Waals surface area (Å²) in [5, 5.41) is 1.89. The molecular formula is C26H20N4O2S. The summed E-state index contributed by atoms with van der Waals surface area (Å²) < 4.78 is 1.51. The molecule has 6 nitrogen and oxygen atoms in total. The Balaban J connectivity index is 1.60. The predicted molar refractivity (Wildman–Crippen MR) is 129 cm³/mol. The van der Waals surface area contributed by atoms with Crippen LogP contribution in [0.2, 0.25) is 0 Å². The van der Waals surface area contributed by atoms with E-state index in [1.165, 1.54) is 21.9 Å². The van der Waals surface area contributed by atoms with Crippen molar-refractivity contribution in [3.05, 3.63) is 124 Å². The second kappa shape index (κ2) is 8.80. The van der Waals surface area contributed by atoms with Crippen LogP contribution in [0.3, 0.4) is 0 Å². The van der Waals surface area contributed by atoms with Gasteiger partial charge in [0.1, 0.15) is 5.56 Å². The van der Waals surface area contributed by atoms with Crippen molar-refractivity contribution in [2.75, 3.05) is 7.05 Å². The molecule has 0 N–H and O–H groups in total. The lowest BCUT2D eigenvalue weighted by Crippen LogP contribution is -2.36. The molecular weight excluding hydrogens is 432 g/mol. The average molecular weight is 453 g/mol. The third-order valence-electron chi connectivity index (χ3n) is 5.54. The van der Waals surface area contributed by atoms with E-state index in [4.69, 9.17) is 0 Å². The van der Waals surface area contributed by atoms with Gasteiger partial charge in [-0.05, 0) is 23.3 Å². The first-order valence-electron chi connectivity index (χ1n) is 10.4. The molecule has 33 heavy (non-hydrogen) atoms. The number of carbonyl (C=O) groups is 1. The van der Waals surface area contributed by atoms with E-state index in [1.807, 2.05) is 84.2 Å². The van der Waals surface area contributed by atoms with E-state index in [1.54, 1.807) is 18.1 Å².